The van der Waals surface area contributed by atoms with Gasteiger partial charge in [0.2, 0.25) is 0 Å². The van der Waals surface area contributed by atoms with Crippen molar-refractivity contribution in [1.82, 2.24) is 0 Å². The molecule has 114 valence electrons. The minimum atomic E-state index is -0.313. The van der Waals surface area contributed by atoms with Crippen LogP contribution in [0.4, 0.5) is 11.4 Å². The van der Waals surface area contributed by atoms with Crippen molar-refractivity contribution in [2.75, 3.05) is 16.8 Å². The number of carbonyl (C=O) groups is 2. The average Bonchev–Trinajstić information content (AvgIpc) is 3.18. The van der Waals surface area contributed by atoms with E-state index in [2.05, 4.69) is 5.32 Å². The van der Waals surface area contributed by atoms with Crippen molar-refractivity contribution in [3.63, 3.8) is 0 Å². The van der Waals surface area contributed by atoms with Crippen LogP contribution in [0.3, 0.4) is 0 Å². The second-order valence-corrected chi connectivity index (χ2v) is 5.34. The molecule has 5 nitrogen and oxygen atoms in total. The van der Waals surface area contributed by atoms with E-state index in [1.54, 1.807) is 29.2 Å². The zero-order valence-electron chi connectivity index (χ0n) is 12.5. The summed E-state index contributed by atoms with van der Waals surface area (Å²) in [4.78, 5) is 26.4. The van der Waals surface area contributed by atoms with Gasteiger partial charge < -0.3 is 14.6 Å². The third-order valence-electron chi connectivity index (χ3n) is 4.09. The number of hydrogen-bond donors (Lipinski definition) is 1. The summed E-state index contributed by atoms with van der Waals surface area (Å²) in [5, 5.41) is 4.59. The number of anilines is 2. The highest BCUT2D eigenvalue weighted by Gasteiger charge is 2.29. The quantitative estimate of drug-likeness (QED) is 0.803. The lowest BCUT2D eigenvalue weighted by Gasteiger charge is -2.14. The molecule has 2 heterocycles. The Balaban J connectivity index is 1.83. The van der Waals surface area contributed by atoms with Gasteiger partial charge in [0.05, 0.1) is 12.0 Å². The maximum atomic E-state index is 12.5. The summed E-state index contributed by atoms with van der Waals surface area (Å²) < 4.78 is 5.12. The van der Waals surface area contributed by atoms with E-state index in [0.29, 0.717) is 17.8 Å². The SMILES string of the molecule is CCN1C(=O)c2ccc(NC(=O)c3ccco3)c3cccc1c23. The Morgan fingerprint density at radius 1 is 1.17 bits per heavy atom. The minimum absolute atomic E-state index is 0.00242. The van der Waals surface area contributed by atoms with Crippen molar-refractivity contribution in [3.8, 4) is 0 Å². The summed E-state index contributed by atoms with van der Waals surface area (Å²) in [6.07, 6.45) is 1.46. The van der Waals surface area contributed by atoms with E-state index < -0.39 is 0 Å². The monoisotopic (exact) mass is 306 g/mol. The largest absolute Gasteiger partial charge is 0.459 e. The van der Waals surface area contributed by atoms with Crippen molar-refractivity contribution >= 4 is 34.0 Å². The maximum absolute atomic E-state index is 12.5. The zero-order chi connectivity index (χ0) is 16.0. The third-order valence-corrected chi connectivity index (χ3v) is 4.09. The summed E-state index contributed by atoms with van der Waals surface area (Å²) >= 11 is 0. The number of hydrogen-bond acceptors (Lipinski definition) is 3. The molecule has 2 aromatic carbocycles. The van der Waals surface area contributed by atoms with Crippen molar-refractivity contribution in [1.29, 1.82) is 0 Å². The van der Waals surface area contributed by atoms with Crippen LogP contribution in [-0.4, -0.2) is 18.4 Å². The normalized spacial score (nSPS) is 12.9. The topological polar surface area (TPSA) is 62.6 Å². The molecule has 0 fully saturated rings. The number of furan rings is 1. The van der Waals surface area contributed by atoms with E-state index in [0.717, 1.165) is 16.5 Å². The molecule has 4 rings (SSSR count). The van der Waals surface area contributed by atoms with Gasteiger partial charge in [0.15, 0.2) is 5.76 Å². The second-order valence-electron chi connectivity index (χ2n) is 5.34. The van der Waals surface area contributed by atoms with Crippen LogP contribution in [0.5, 0.6) is 0 Å². The molecule has 1 aliphatic rings. The molecule has 1 aliphatic heterocycles. The Morgan fingerprint density at radius 2 is 2.04 bits per heavy atom. The van der Waals surface area contributed by atoms with Crippen LogP contribution in [-0.2, 0) is 0 Å². The van der Waals surface area contributed by atoms with Gasteiger partial charge in [0.25, 0.3) is 11.8 Å². The lowest BCUT2D eigenvalue weighted by molar-refractivity contribution is 0.0988. The summed E-state index contributed by atoms with van der Waals surface area (Å²) in [6, 6.07) is 12.5. The van der Waals surface area contributed by atoms with Crippen molar-refractivity contribution in [2.45, 2.75) is 6.92 Å². The Bertz CT molecular complexity index is 929. The van der Waals surface area contributed by atoms with Crippen LogP contribution in [0.15, 0.2) is 53.1 Å². The number of amides is 2. The van der Waals surface area contributed by atoms with Gasteiger partial charge in [-0.3, -0.25) is 9.59 Å². The summed E-state index contributed by atoms with van der Waals surface area (Å²) in [6.45, 7) is 2.56. The van der Waals surface area contributed by atoms with E-state index >= 15 is 0 Å². The highest BCUT2D eigenvalue weighted by Crippen LogP contribution is 2.40. The molecule has 0 aliphatic carbocycles. The van der Waals surface area contributed by atoms with E-state index in [1.165, 1.54) is 6.26 Å². The zero-order valence-corrected chi connectivity index (χ0v) is 12.5. The Kier molecular flexibility index (Phi) is 2.94. The fourth-order valence-electron chi connectivity index (χ4n) is 3.06. The number of rotatable bonds is 3. The molecule has 0 saturated heterocycles. The Morgan fingerprint density at radius 3 is 2.78 bits per heavy atom. The molecule has 1 N–H and O–H groups in total. The molecule has 0 radical (unpaired) electrons. The van der Waals surface area contributed by atoms with Crippen molar-refractivity contribution in [3.05, 3.63) is 60.1 Å². The standard InChI is InChI=1S/C18H14N2O3/c1-2-20-14-6-3-5-11-13(9-8-12(16(11)14)18(20)22)19-17(21)15-7-4-10-23-15/h3-10H,2H2,1H3,(H,19,21). The molecule has 0 spiro atoms. The lowest BCUT2D eigenvalue weighted by Crippen LogP contribution is -2.25. The Hall–Kier alpha value is -3.08. The number of benzene rings is 2. The molecule has 2 amide bonds. The second kappa shape index (κ2) is 4.98. The first-order chi connectivity index (χ1) is 11.2. The Labute approximate surface area is 132 Å². The summed E-state index contributed by atoms with van der Waals surface area (Å²) in [5.74, 6) is -0.0606. The van der Waals surface area contributed by atoms with Crippen molar-refractivity contribution < 1.29 is 14.0 Å². The van der Waals surface area contributed by atoms with Gasteiger partial charge >= 0.3 is 0 Å². The lowest BCUT2D eigenvalue weighted by atomic mass is 10.0. The smallest absolute Gasteiger partial charge is 0.291 e. The highest BCUT2D eigenvalue weighted by molar-refractivity contribution is 6.27. The van der Waals surface area contributed by atoms with Crippen LogP contribution < -0.4 is 10.2 Å². The molecule has 0 bridgehead atoms. The van der Waals surface area contributed by atoms with Crippen LogP contribution in [0.25, 0.3) is 10.8 Å². The summed E-state index contributed by atoms with van der Waals surface area (Å²) in [7, 11) is 0. The highest BCUT2D eigenvalue weighted by atomic mass is 16.3. The van der Waals surface area contributed by atoms with Crippen LogP contribution >= 0.6 is 0 Å². The molecular weight excluding hydrogens is 292 g/mol. The molecule has 3 aromatic rings. The van der Waals surface area contributed by atoms with E-state index in [1.807, 2.05) is 25.1 Å². The number of nitrogens with one attached hydrogen (secondary N) is 1. The molecular formula is C18H14N2O3. The minimum Gasteiger partial charge on any atom is -0.459 e. The van der Waals surface area contributed by atoms with E-state index in [-0.39, 0.29) is 17.6 Å². The first-order valence-electron chi connectivity index (χ1n) is 7.43. The van der Waals surface area contributed by atoms with Crippen molar-refractivity contribution in [2.24, 2.45) is 0 Å². The van der Waals surface area contributed by atoms with Crippen LogP contribution in [0.1, 0.15) is 27.8 Å². The molecule has 1 aromatic heterocycles. The molecule has 23 heavy (non-hydrogen) atoms. The molecule has 0 saturated carbocycles. The molecule has 5 heteroatoms. The maximum Gasteiger partial charge on any atom is 0.291 e. The first kappa shape index (κ1) is 13.6. The fourth-order valence-corrected chi connectivity index (χ4v) is 3.06. The van der Waals surface area contributed by atoms with Crippen LogP contribution in [0, 0.1) is 0 Å². The van der Waals surface area contributed by atoms with Gasteiger partial charge in [-0.05, 0) is 37.3 Å². The molecule has 0 unspecified atom stereocenters. The van der Waals surface area contributed by atoms with Crippen LogP contribution in [0.2, 0.25) is 0 Å². The number of nitrogens with zero attached hydrogens (tertiary/aromatic N) is 1. The van der Waals surface area contributed by atoms with Gasteiger partial charge in [-0.1, -0.05) is 12.1 Å². The van der Waals surface area contributed by atoms with Gasteiger partial charge in [-0.2, -0.15) is 0 Å². The van der Waals surface area contributed by atoms with Gasteiger partial charge in [0.1, 0.15) is 0 Å². The van der Waals surface area contributed by atoms with E-state index in [4.69, 9.17) is 4.42 Å². The fraction of sp³-hybridized carbons (Fsp3) is 0.111. The predicted molar refractivity (Wildman–Crippen MR) is 88.0 cm³/mol. The van der Waals surface area contributed by atoms with Gasteiger partial charge in [-0.25, -0.2) is 0 Å². The summed E-state index contributed by atoms with van der Waals surface area (Å²) in [5.41, 5.74) is 2.23. The predicted octanol–water partition coefficient (Wildman–Crippen LogP) is 3.67. The average molecular weight is 306 g/mol. The molecule has 0 atom stereocenters. The number of carbonyl (C=O) groups excluding carboxylic acids is 2. The van der Waals surface area contributed by atoms with Gasteiger partial charge in [-0.15, -0.1) is 0 Å². The van der Waals surface area contributed by atoms with E-state index in [9.17, 15) is 9.59 Å². The first-order valence-corrected chi connectivity index (χ1v) is 7.43. The third kappa shape index (κ3) is 1.93. The van der Waals surface area contributed by atoms with Gasteiger partial charge in [0, 0.05) is 28.6 Å².